The summed E-state index contributed by atoms with van der Waals surface area (Å²) < 4.78 is 0. The van der Waals surface area contributed by atoms with E-state index in [0.29, 0.717) is 0 Å². The van der Waals surface area contributed by atoms with Gasteiger partial charge in [-0.25, -0.2) is 0 Å². The molecule has 1 aliphatic carbocycles. The summed E-state index contributed by atoms with van der Waals surface area (Å²) in [6, 6.07) is -0.275. The molecule has 1 saturated carbocycles. The zero-order chi connectivity index (χ0) is 9.35. The molecule has 0 heterocycles. The predicted molar refractivity (Wildman–Crippen MR) is 49.8 cm³/mol. The van der Waals surface area contributed by atoms with Crippen LogP contribution in [0, 0.1) is 11.3 Å². The van der Waals surface area contributed by atoms with E-state index < -0.39 is 0 Å². The first-order valence-corrected chi connectivity index (χ1v) is 4.72. The Kier molecular flexibility index (Phi) is 2.57. The molecule has 12 heavy (non-hydrogen) atoms. The largest absolute Gasteiger partial charge is 0.321 e. The molecule has 2 nitrogen and oxygen atoms in total. The Bertz CT molecular complexity index is 177. The van der Waals surface area contributed by atoms with Crippen LogP contribution >= 0.6 is 0 Å². The zero-order valence-corrected chi connectivity index (χ0v) is 8.26. The molecular formula is C10H19NO. The highest BCUT2D eigenvalue weighted by Crippen LogP contribution is 2.31. The van der Waals surface area contributed by atoms with Crippen molar-refractivity contribution >= 4 is 5.78 Å². The van der Waals surface area contributed by atoms with Crippen LogP contribution in [0.3, 0.4) is 0 Å². The second kappa shape index (κ2) is 3.17. The molecule has 1 fully saturated rings. The van der Waals surface area contributed by atoms with Crippen LogP contribution < -0.4 is 5.73 Å². The minimum atomic E-state index is -0.275. The van der Waals surface area contributed by atoms with Gasteiger partial charge in [-0.2, -0.15) is 0 Å². The summed E-state index contributed by atoms with van der Waals surface area (Å²) in [7, 11) is 0. The Morgan fingerprint density at radius 3 is 2.17 bits per heavy atom. The second-order valence-corrected chi connectivity index (χ2v) is 4.87. The van der Waals surface area contributed by atoms with E-state index in [1.54, 1.807) is 0 Å². The zero-order valence-electron chi connectivity index (χ0n) is 8.26. The molecule has 0 radical (unpaired) electrons. The van der Waals surface area contributed by atoms with Gasteiger partial charge in [0.15, 0.2) is 5.78 Å². The molecule has 0 spiro atoms. The molecule has 0 bridgehead atoms. The molecule has 0 aromatic carbocycles. The fourth-order valence-corrected chi connectivity index (χ4v) is 1.37. The summed E-state index contributed by atoms with van der Waals surface area (Å²) in [5, 5.41) is 0. The van der Waals surface area contributed by atoms with Crippen LogP contribution in [0.2, 0.25) is 0 Å². The standard InChI is InChI=1S/C10H19NO/c1-10(2,3)9(11)8(12)7-5-4-6-7/h7,9H,4-6,11H2,1-3H3. The van der Waals surface area contributed by atoms with Gasteiger partial charge in [0.2, 0.25) is 0 Å². The highest BCUT2D eigenvalue weighted by molar-refractivity contribution is 5.87. The third-order valence-corrected chi connectivity index (χ3v) is 2.75. The van der Waals surface area contributed by atoms with E-state index in [4.69, 9.17) is 5.73 Å². The van der Waals surface area contributed by atoms with Crippen LogP contribution in [0.5, 0.6) is 0 Å². The minimum absolute atomic E-state index is 0.0767. The van der Waals surface area contributed by atoms with Crippen molar-refractivity contribution in [2.45, 2.75) is 46.1 Å². The summed E-state index contributed by atoms with van der Waals surface area (Å²) in [6.45, 7) is 6.07. The van der Waals surface area contributed by atoms with Gasteiger partial charge < -0.3 is 5.73 Å². The van der Waals surface area contributed by atoms with Gasteiger partial charge in [0, 0.05) is 5.92 Å². The third-order valence-electron chi connectivity index (χ3n) is 2.75. The van der Waals surface area contributed by atoms with Crippen LogP contribution in [-0.4, -0.2) is 11.8 Å². The fraction of sp³-hybridized carbons (Fsp3) is 0.900. The number of carbonyl (C=O) groups excluding carboxylic acids is 1. The Balaban J connectivity index is 2.51. The average Bonchev–Trinajstić information content (AvgIpc) is 1.79. The molecule has 1 unspecified atom stereocenters. The molecule has 0 amide bonds. The molecule has 0 aromatic rings. The van der Waals surface area contributed by atoms with E-state index in [9.17, 15) is 4.79 Å². The lowest BCUT2D eigenvalue weighted by atomic mass is 9.74. The topological polar surface area (TPSA) is 43.1 Å². The van der Waals surface area contributed by atoms with Gasteiger partial charge in [-0.05, 0) is 18.3 Å². The smallest absolute Gasteiger partial charge is 0.153 e. The van der Waals surface area contributed by atoms with E-state index in [-0.39, 0.29) is 23.2 Å². The van der Waals surface area contributed by atoms with Gasteiger partial charge in [0.05, 0.1) is 6.04 Å². The van der Waals surface area contributed by atoms with Crippen LogP contribution in [0.25, 0.3) is 0 Å². The van der Waals surface area contributed by atoms with Crippen molar-refractivity contribution in [1.82, 2.24) is 0 Å². The van der Waals surface area contributed by atoms with E-state index in [0.717, 1.165) is 12.8 Å². The van der Waals surface area contributed by atoms with Gasteiger partial charge in [0.1, 0.15) is 0 Å². The van der Waals surface area contributed by atoms with E-state index >= 15 is 0 Å². The Morgan fingerprint density at radius 1 is 1.42 bits per heavy atom. The average molecular weight is 169 g/mol. The predicted octanol–water partition coefficient (Wildman–Crippen LogP) is 1.73. The lowest BCUT2D eigenvalue weighted by Gasteiger charge is -2.32. The van der Waals surface area contributed by atoms with Crippen molar-refractivity contribution in [3.05, 3.63) is 0 Å². The molecule has 1 rings (SSSR count). The highest BCUT2D eigenvalue weighted by atomic mass is 16.1. The number of Topliss-reactive ketones (excluding diaryl/α,β-unsaturated/α-hetero) is 1. The first-order chi connectivity index (χ1) is 5.43. The summed E-state index contributed by atoms with van der Waals surface area (Å²) >= 11 is 0. The van der Waals surface area contributed by atoms with Gasteiger partial charge in [-0.15, -0.1) is 0 Å². The molecule has 1 aliphatic rings. The number of rotatable bonds is 2. The molecular weight excluding hydrogens is 150 g/mol. The highest BCUT2D eigenvalue weighted by Gasteiger charge is 2.34. The van der Waals surface area contributed by atoms with Crippen molar-refractivity contribution < 1.29 is 4.79 Å². The maximum Gasteiger partial charge on any atom is 0.153 e. The fourth-order valence-electron chi connectivity index (χ4n) is 1.37. The second-order valence-electron chi connectivity index (χ2n) is 4.87. The van der Waals surface area contributed by atoms with Crippen molar-refractivity contribution in [3.8, 4) is 0 Å². The third kappa shape index (κ3) is 1.86. The lowest BCUT2D eigenvalue weighted by molar-refractivity contribution is -0.128. The maximum atomic E-state index is 11.6. The monoisotopic (exact) mass is 169 g/mol. The minimum Gasteiger partial charge on any atom is -0.321 e. The lowest BCUT2D eigenvalue weighted by Crippen LogP contribution is -2.46. The van der Waals surface area contributed by atoms with Crippen LogP contribution in [0.15, 0.2) is 0 Å². The van der Waals surface area contributed by atoms with Crippen LogP contribution in [0.1, 0.15) is 40.0 Å². The first-order valence-electron chi connectivity index (χ1n) is 4.72. The van der Waals surface area contributed by atoms with Gasteiger partial charge in [-0.1, -0.05) is 27.2 Å². The van der Waals surface area contributed by atoms with Gasteiger partial charge in [0.25, 0.3) is 0 Å². The summed E-state index contributed by atoms with van der Waals surface area (Å²) in [5.41, 5.74) is 5.78. The summed E-state index contributed by atoms with van der Waals surface area (Å²) in [6.07, 6.45) is 3.32. The number of hydrogen-bond acceptors (Lipinski definition) is 2. The van der Waals surface area contributed by atoms with Crippen LogP contribution in [-0.2, 0) is 4.79 Å². The molecule has 2 heteroatoms. The Labute approximate surface area is 74.5 Å². The van der Waals surface area contributed by atoms with Crippen LogP contribution in [0.4, 0.5) is 0 Å². The Hall–Kier alpha value is -0.370. The molecule has 2 N–H and O–H groups in total. The SMILES string of the molecule is CC(C)(C)C(N)C(=O)C1CCC1. The van der Waals surface area contributed by atoms with Crippen molar-refractivity contribution in [3.63, 3.8) is 0 Å². The summed E-state index contributed by atoms with van der Waals surface area (Å²) in [5.74, 6) is 0.549. The van der Waals surface area contributed by atoms with Crippen molar-refractivity contribution in [1.29, 1.82) is 0 Å². The molecule has 1 atom stereocenters. The quantitative estimate of drug-likeness (QED) is 0.684. The number of ketones is 1. The molecule has 0 aliphatic heterocycles. The van der Waals surface area contributed by atoms with E-state index in [1.807, 2.05) is 20.8 Å². The first kappa shape index (κ1) is 9.72. The summed E-state index contributed by atoms with van der Waals surface area (Å²) in [4.78, 5) is 11.6. The van der Waals surface area contributed by atoms with E-state index in [2.05, 4.69) is 0 Å². The van der Waals surface area contributed by atoms with Crippen molar-refractivity contribution in [2.24, 2.45) is 17.1 Å². The van der Waals surface area contributed by atoms with E-state index in [1.165, 1.54) is 6.42 Å². The molecule has 0 saturated heterocycles. The number of nitrogens with two attached hydrogens (primary N) is 1. The van der Waals surface area contributed by atoms with Crippen molar-refractivity contribution in [2.75, 3.05) is 0 Å². The number of hydrogen-bond donors (Lipinski definition) is 1. The Morgan fingerprint density at radius 2 is 1.92 bits per heavy atom. The maximum absolute atomic E-state index is 11.6. The van der Waals surface area contributed by atoms with Gasteiger partial charge in [-0.3, -0.25) is 4.79 Å². The molecule has 0 aromatic heterocycles. The normalized spacial score (nSPS) is 21.7. The number of carbonyl (C=O) groups is 1. The van der Waals surface area contributed by atoms with Gasteiger partial charge >= 0.3 is 0 Å². The molecule has 70 valence electrons.